The molecule has 4 nitrogen and oxygen atoms in total. The van der Waals surface area contributed by atoms with Crippen molar-refractivity contribution in [2.45, 2.75) is 38.1 Å². The van der Waals surface area contributed by atoms with Gasteiger partial charge in [0.05, 0.1) is 0 Å². The van der Waals surface area contributed by atoms with Gasteiger partial charge in [0.15, 0.2) is 0 Å². The van der Waals surface area contributed by atoms with E-state index in [0.717, 1.165) is 24.8 Å². The third-order valence-corrected chi connectivity index (χ3v) is 3.74. The van der Waals surface area contributed by atoms with Gasteiger partial charge in [-0.05, 0) is 49.9 Å². The first kappa shape index (κ1) is 12.3. The minimum atomic E-state index is -0.233. The second kappa shape index (κ2) is 4.42. The fourth-order valence-corrected chi connectivity index (χ4v) is 2.34. The van der Waals surface area contributed by atoms with E-state index in [1.165, 1.54) is 6.07 Å². The predicted octanol–water partition coefficient (Wildman–Crippen LogP) is 2.61. The Kier molecular flexibility index (Phi) is 2.86. The van der Waals surface area contributed by atoms with Gasteiger partial charge >= 0.3 is 0 Å². The molecular formula is C14H16FN3O. The van der Waals surface area contributed by atoms with E-state index in [9.17, 15) is 4.39 Å². The van der Waals surface area contributed by atoms with Crippen LogP contribution in [0.25, 0.3) is 11.4 Å². The van der Waals surface area contributed by atoms with Gasteiger partial charge in [0.1, 0.15) is 5.82 Å². The number of hydrogen-bond acceptors (Lipinski definition) is 4. The van der Waals surface area contributed by atoms with E-state index < -0.39 is 0 Å². The van der Waals surface area contributed by atoms with Crippen molar-refractivity contribution in [1.82, 2.24) is 10.1 Å². The average Bonchev–Trinajstić information content (AvgIpc) is 2.79. The van der Waals surface area contributed by atoms with Crippen LogP contribution in [0.2, 0.25) is 0 Å². The molecule has 0 spiro atoms. The summed E-state index contributed by atoms with van der Waals surface area (Å²) in [6.07, 6.45) is 3.77. The van der Waals surface area contributed by atoms with Crippen LogP contribution in [0, 0.1) is 12.7 Å². The van der Waals surface area contributed by atoms with Crippen LogP contribution in [0.3, 0.4) is 0 Å². The van der Waals surface area contributed by atoms with Crippen molar-refractivity contribution in [3.05, 3.63) is 35.5 Å². The quantitative estimate of drug-likeness (QED) is 0.922. The molecule has 3 rings (SSSR count). The summed E-state index contributed by atoms with van der Waals surface area (Å²) in [5.74, 6) is 0.808. The smallest absolute Gasteiger partial charge is 0.228 e. The molecule has 0 aliphatic heterocycles. The minimum Gasteiger partial charge on any atom is -0.339 e. The molecule has 1 heterocycles. The van der Waals surface area contributed by atoms with Crippen molar-refractivity contribution in [2.24, 2.45) is 5.73 Å². The molecule has 0 unspecified atom stereocenters. The van der Waals surface area contributed by atoms with E-state index >= 15 is 0 Å². The molecule has 1 aliphatic carbocycles. The molecule has 1 fully saturated rings. The monoisotopic (exact) mass is 261 g/mol. The molecule has 5 heteroatoms. The Bertz CT molecular complexity index is 604. The zero-order valence-corrected chi connectivity index (χ0v) is 10.8. The van der Waals surface area contributed by atoms with E-state index in [1.807, 2.05) is 0 Å². The number of nitrogens with zero attached hydrogens (tertiary/aromatic N) is 2. The molecule has 1 aliphatic rings. The first-order valence-electron chi connectivity index (χ1n) is 6.44. The Labute approximate surface area is 110 Å². The van der Waals surface area contributed by atoms with Gasteiger partial charge in [-0.1, -0.05) is 5.16 Å². The fourth-order valence-electron chi connectivity index (χ4n) is 2.34. The minimum absolute atomic E-state index is 0.178. The van der Waals surface area contributed by atoms with Crippen molar-refractivity contribution in [3.8, 4) is 11.4 Å². The summed E-state index contributed by atoms with van der Waals surface area (Å²) in [7, 11) is 0. The highest BCUT2D eigenvalue weighted by Crippen LogP contribution is 2.32. The van der Waals surface area contributed by atoms with Crippen LogP contribution in [-0.4, -0.2) is 15.7 Å². The van der Waals surface area contributed by atoms with E-state index in [2.05, 4.69) is 10.1 Å². The second-order valence-electron chi connectivity index (χ2n) is 5.37. The molecular weight excluding hydrogens is 245 g/mol. The van der Waals surface area contributed by atoms with Crippen LogP contribution < -0.4 is 5.73 Å². The fraction of sp³-hybridized carbons (Fsp3) is 0.429. The van der Waals surface area contributed by atoms with Gasteiger partial charge in [0.2, 0.25) is 11.7 Å². The zero-order chi connectivity index (χ0) is 13.5. The standard InChI is InChI=1S/C14H16FN3O/c1-9-7-10(3-4-11(9)15)13-17-12(19-18-13)8-14(16)5-2-6-14/h3-4,7H,2,5-6,8,16H2,1H3. The summed E-state index contributed by atoms with van der Waals surface area (Å²) in [5, 5.41) is 3.94. The van der Waals surface area contributed by atoms with Crippen LogP contribution >= 0.6 is 0 Å². The summed E-state index contributed by atoms with van der Waals surface area (Å²) in [6.45, 7) is 1.71. The van der Waals surface area contributed by atoms with Crippen molar-refractivity contribution in [3.63, 3.8) is 0 Å². The molecule has 100 valence electrons. The second-order valence-corrected chi connectivity index (χ2v) is 5.37. The molecule has 0 saturated heterocycles. The number of nitrogens with two attached hydrogens (primary N) is 1. The zero-order valence-electron chi connectivity index (χ0n) is 10.8. The van der Waals surface area contributed by atoms with Gasteiger partial charge < -0.3 is 10.3 Å². The number of aryl methyl sites for hydroxylation is 1. The number of hydrogen-bond donors (Lipinski definition) is 1. The first-order valence-corrected chi connectivity index (χ1v) is 6.44. The molecule has 0 atom stereocenters. The average molecular weight is 261 g/mol. The van der Waals surface area contributed by atoms with Crippen LogP contribution in [0.5, 0.6) is 0 Å². The molecule has 2 N–H and O–H groups in total. The summed E-state index contributed by atoms with van der Waals surface area (Å²) in [5.41, 5.74) is 7.30. The van der Waals surface area contributed by atoms with Crippen molar-refractivity contribution in [2.75, 3.05) is 0 Å². The molecule has 0 radical (unpaired) electrons. The number of halogens is 1. The molecule has 1 saturated carbocycles. The maximum Gasteiger partial charge on any atom is 0.228 e. The normalized spacial score (nSPS) is 17.2. The van der Waals surface area contributed by atoms with Crippen LogP contribution in [0.15, 0.2) is 22.7 Å². The summed E-state index contributed by atoms with van der Waals surface area (Å²) in [6, 6.07) is 4.78. The van der Waals surface area contributed by atoms with Gasteiger partial charge in [-0.25, -0.2) is 4.39 Å². The van der Waals surface area contributed by atoms with Crippen molar-refractivity contribution < 1.29 is 8.91 Å². The lowest BCUT2D eigenvalue weighted by molar-refractivity contribution is 0.222. The molecule has 0 amide bonds. The topological polar surface area (TPSA) is 64.9 Å². The number of rotatable bonds is 3. The number of aromatic nitrogens is 2. The van der Waals surface area contributed by atoms with E-state index in [0.29, 0.717) is 23.7 Å². The SMILES string of the molecule is Cc1cc(-c2noc(CC3(N)CCC3)n2)ccc1F. The Morgan fingerprint density at radius 1 is 1.42 bits per heavy atom. The summed E-state index contributed by atoms with van der Waals surface area (Å²) < 4.78 is 18.4. The summed E-state index contributed by atoms with van der Waals surface area (Å²) in [4.78, 5) is 4.34. The van der Waals surface area contributed by atoms with E-state index in [-0.39, 0.29) is 11.4 Å². The van der Waals surface area contributed by atoms with Gasteiger partial charge in [0.25, 0.3) is 0 Å². The largest absolute Gasteiger partial charge is 0.339 e. The van der Waals surface area contributed by atoms with Crippen LogP contribution in [0.1, 0.15) is 30.7 Å². The first-order chi connectivity index (χ1) is 9.06. The Balaban J connectivity index is 1.82. The van der Waals surface area contributed by atoms with E-state index in [4.69, 9.17) is 10.3 Å². The van der Waals surface area contributed by atoms with Gasteiger partial charge in [-0.2, -0.15) is 4.98 Å². The van der Waals surface area contributed by atoms with Crippen molar-refractivity contribution in [1.29, 1.82) is 0 Å². The summed E-state index contributed by atoms with van der Waals surface area (Å²) >= 11 is 0. The van der Waals surface area contributed by atoms with Crippen molar-refractivity contribution >= 4 is 0 Å². The highest BCUT2D eigenvalue weighted by atomic mass is 19.1. The molecule has 0 bridgehead atoms. The Morgan fingerprint density at radius 3 is 2.84 bits per heavy atom. The van der Waals surface area contributed by atoms with Gasteiger partial charge in [-0.3, -0.25) is 0 Å². The Morgan fingerprint density at radius 2 is 2.21 bits per heavy atom. The lowest BCUT2D eigenvalue weighted by Gasteiger charge is -2.36. The highest BCUT2D eigenvalue weighted by Gasteiger charge is 2.34. The van der Waals surface area contributed by atoms with Crippen LogP contribution in [0.4, 0.5) is 4.39 Å². The van der Waals surface area contributed by atoms with Crippen LogP contribution in [-0.2, 0) is 6.42 Å². The highest BCUT2D eigenvalue weighted by molar-refractivity contribution is 5.55. The molecule has 19 heavy (non-hydrogen) atoms. The molecule has 2 aromatic rings. The molecule has 1 aromatic carbocycles. The van der Waals surface area contributed by atoms with E-state index in [1.54, 1.807) is 19.1 Å². The Hall–Kier alpha value is -1.75. The molecule has 1 aromatic heterocycles. The maximum absolute atomic E-state index is 13.2. The lowest BCUT2D eigenvalue weighted by Crippen LogP contribution is -2.48. The predicted molar refractivity (Wildman–Crippen MR) is 68.9 cm³/mol. The number of benzene rings is 1. The third kappa shape index (κ3) is 2.38. The lowest BCUT2D eigenvalue weighted by atomic mass is 9.75. The van der Waals surface area contributed by atoms with Gasteiger partial charge in [0, 0.05) is 17.5 Å². The third-order valence-electron chi connectivity index (χ3n) is 3.74. The van der Waals surface area contributed by atoms with Gasteiger partial charge in [-0.15, -0.1) is 0 Å². The maximum atomic E-state index is 13.2.